The molecule has 11 heteroatoms. The first kappa shape index (κ1) is 14.6. The predicted molar refractivity (Wildman–Crippen MR) is 81.1 cm³/mol. The molecule has 0 aliphatic carbocycles. The molecule has 0 saturated carbocycles. The van der Waals surface area contributed by atoms with Gasteiger partial charge in [-0.1, -0.05) is 28.6 Å². The van der Waals surface area contributed by atoms with E-state index in [2.05, 4.69) is 30.9 Å². The van der Waals surface area contributed by atoms with Crippen LogP contribution in [0.2, 0.25) is 0 Å². The first-order valence-corrected chi connectivity index (χ1v) is 8.41. The maximum absolute atomic E-state index is 11.3. The molecule has 0 aliphatic heterocycles. The van der Waals surface area contributed by atoms with Crippen LogP contribution >= 0.6 is 11.3 Å². The summed E-state index contributed by atoms with van der Waals surface area (Å²) in [7, 11) is -3.69. The number of rotatable bonds is 4. The fourth-order valence-electron chi connectivity index (χ4n) is 1.82. The van der Waals surface area contributed by atoms with E-state index < -0.39 is 10.0 Å². The van der Waals surface area contributed by atoms with Gasteiger partial charge in [-0.25, -0.2) is 18.5 Å². The molecule has 0 amide bonds. The Labute approximate surface area is 129 Å². The molecule has 0 bridgehead atoms. The number of aryl methyl sites for hydroxylation is 1. The molecule has 9 nitrogen and oxygen atoms in total. The SMILES string of the molecule is Cc1nc(Nc2nn[nH]n2)sc1-c1ccc(S(N)(=O)=O)cc1. The molecule has 2 heterocycles. The second kappa shape index (κ2) is 5.44. The van der Waals surface area contributed by atoms with Gasteiger partial charge in [0.25, 0.3) is 5.95 Å². The lowest BCUT2D eigenvalue weighted by Gasteiger charge is -2.01. The summed E-state index contributed by atoms with van der Waals surface area (Å²) in [4.78, 5) is 5.36. The maximum atomic E-state index is 11.3. The summed E-state index contributed by atoms with van der Waals surface area (Å²) in [6, 6.07) is 6.32. The molecular weight excluding hydrogens is 326 g/mol. The monoisotopic (exact) mass is 337 g/mol. The summed E-state index contributed by atoms with van der Waals surface area (Å²) < 4.78 is 22.5. The van der Waals surface area contributed by atoms with Gasteiger partial charge in [-0.3, -0.25) is 5.32 Å². The summed E-state index contributed by atoms with van der Waals surface area (Å²) in [5.74, 6) is 0.324. The molecule has 2 aromatic heterocycles. The second-order valence-electron chi connectivity index (χ2n) is 4.36. The zero-order valence-corrected chi connectivity index (χ0v) is 12.9. The standard InChI is InChI=1S/C11H11N7O2S2/c1-6-9(7-2-4-8(5-3-7)22(12,19)20)21-11(13-6)14-10-15-17-18-16-10/h2-5H,1H3,(H2,12,19,20)(H2,13,14,15,16,17,18). The van der Waals surface area contributed by atoms with Gasteiger partial charge in [-0.2, -0.15) is 5.21 Å². The van der Waals surface area contributed by atoms with Gasteiger partial charge in [0.2, 0.25) is 10.0 Å². The van der Waals surface area contributed by atoms with Crippen molar-refractivity contribution in [3.05, 3.63) is 30.0 Å². The van der Waals surface area contributed by atoms with Crippen LogP contribution in [-0.2, 0) is 10.0 Å². The normalized spacial score (nSPS) is 11.5. The van der Waals surface area contributed by atoms with Crippen molar-refractivity contribution in [3.63, 3.8) is 0 Å². The van der Waals surface area contributed by atoms with E-state index in [9.17, 15) is 8.42 Å². The summed E-state index contributed by atoms with van der Waals surface area (Å²) in [6.45, 7) is 1.86. The number of tetrazole rings is 1. The Morgan fingerprint density at radius 3 is 2.59 bits per heavy atom. The molecule has 0 radical (unpaired) electrons. The van der Waals surface area contributed by atoms with Crippen LogP contribution in [0.15, 0.2) is 29.2 Å². The minimum absolute atomic E-state index is 0.0727. The minimum atomic E-state index is -3.69. The smallest absolute Gasteiger partial charge is 0.269 e. The van der Waals surface area contributed by atoms with E-state index in [1.54, 1.807) is 12.1 Å². The minimum Gasteiger partial charge on any atom is -0.297 e. The van der Waals surface area contributed by atoms with Crippen LogP contribution in [0.4, 0.5) is 11.1 Å². The largest absolute Gasteiger partial charge is 0.297 e. The van der Waals surface area contributed by atoms with Gasteiger partial charge in [-0.15, -0.1) is 5.10 Å². The van der Waals surface area contributed by atoms with Crippen LogP contribution in [0.5, 0.6) is 0 Å². The summed E-state index contributed by atoms with van der Waals surface area (Å²) in [5.41, 5.74) is 1.66. The van der Waals surface area contributed by atoms with E-state index >= 15 is 0 Å². The zero-order valence-electron chi connectivity index (χ0n) is 11.3. The molecule has 114 valence electrons. The highest BCUT2D eigenvalue weighted by molar-refractivity contribution is 7.89. The number of nitrogens with two attached hydrogens (primary N) is 1. The van der Waals surface area contributed by atoms with Crippen molar-refractivity contribution in [2.45, 2.75) is 11.8 Å². The van der Waals surface area contributed by atoms with Gasteiger partial charge in [0, 0.05) is 0 Å². The molecular formula is C11H11N7O2S2. The molecule has 3 aromatic rings. The third-order valence-corrected chi connectivity index (χ3v) is 4.86. The second-order valence-corrected chi connectivity index (χ2v) is 6.92. The summed E-state index contributed by atoms with van der Waals surface area (Å²) >= 11 is 1.40. The van der Waals surface area contributed by atoms with E-state index in [1.807, 2.05) is 6.92 Å². The quantitative estimate of drug-likeness (QED) is 0.645. The van der Waals surface area contributed by atoms with Crippen molar-refractivity contribution in [1.29, 1.82) is 0 Å². The van der Waals surface area contributed by atoms with E-state index in [-0.39, 0.29) is 4.90 Å². The summed E-state index contributed by atoms with van der Waals surface area (Å²) in [5, 5.41) is 22.0. The number of primary sulfonamides is 1. The molecule has 22 heavy (non-hydrogen) atoms. The van der Waals surface area contributed by atoms with Gasteiger partial charge in [-0.05, 0) is 29.8 Å². The van der Waals surface area contributed by atoms with Crippen molar-refractivity contribution < 1.29 is 8.42 Å². The Morgan fingerprint density at radius 1 is 1.27 bits per heavy atom. The number of sulfonamides is 1. The number of nitrogens with zero attached hydrogens (tertiary/aromatic N) is 4. The molecule has 0 aliphatic rings. The van der Waals surface area contributed by atoms with Crippen LogP contribution < -0.4 is 10.5 Å². The number of hydrogen-bond acceptors (Lipinski definition) is 8. The molecule has 0 saturated heterocycles. The van der Waals surface area contributed by atoms with Crippen molar-refractivity contribution in [1.82, 2.24) is 25.6 Å². The Morgan fingerprint density at radius 2 is 2.00 bits per heavy atom. The lowest BCUT2D eigenvalue weighted by Crippen LogP contribution is -2.11. The highest BCUT2D eigenvalue weighted by atomic mass is 32.2. The fourth-order valence-corrected chi connectivity index (χ4v) is 3.31. The number of aromatic amines is 1. The lowest BCUT2D eigenvalue weighted by atomic mass is 10.2. The average Bonchev–Trinajstić information content (AvgIpc) is 3.08. The van der Waals surface area contributed by atoms with Crippen molar-refractivity contribution in [2.75, 3.05) is 5.32 Å². The molecule has 3 rings (SSSR count). The lowest BCUT2D eigenvalue weighted by molar-refractivity contribution is 0.598. The van der Waals surface area contributed by atoms with Crippen molar-refractivity contribution in [3.8, 4) is 10.4 Å². The first-order chi connectivity index (χ1) is 10.4. The van der Waals surface area contributed by atoms with Crippen LogP contribution in [-0.4, -0.2) is 34.0 Å². The highest BCUT2D eigenvalue weighted by Gasteiger charge is 2.13. The Kier molecular flexibility index (Phi) is 3.60. The zero-order chi connectivity index (χ0) is 15.7. The topological polar surface area (TPSA) is 140 Å². The van der Waals surface area contributed by atoms with Crippen molar-refractivity contribution in [2.24, 2.45) is 5.14 Å². The number of anilines is 2. The molecule has 0 spiro atoms. The van der Waals surface area contributed by atoms with Crippen LogP contribution in [0.1, 0.15) is 5.69 Å². The first-order valence-electron chi connectivity index (χ1n) is 6.04. The summed E-state index contributed by atoms with van der Waals surface area (Å²) in [6.07, 6.45) is 0. The highest BCUT2D eigenvalue weighted by Crippen LogP contribution is 2.33. The van der Waals surface area contributed by atoms with Gasteiger partial charge < -0.3 is 0 Å². The van der Waals surface area contributed by atoms with Crippen LogP contribution in [0.25, 0.3) is 10.4 Å². The van der Waals surface area contributed by atoms with Gasteiger partial charge in [0.1, 0.15) is 0 Å². The molecule has 0 unspecified atom stereocenters. The predicted octanol–water partition coefficient (Wildman–Crippen LogP) is 1.02. The van der Waals surface area contributed by atoms with E-state index in [0.717, 1.165) is 16.1 Å². The third-order valence-electron chi connectivity index (χ3n) is 2.81. The Hall–Kier alpha value is -2.37. The van der Waals surface area contributed by atoms with Gasteiger partial charge in [0.15, 0.2) is 5.13 Å². The molecule has 4 N–H and O–H groups in total. The number of H-pyrrole nitrogens is 1. The molecule has 0 fully saturated rings. The molecule has 1 aromatic carbocycles. The van der Waals surface area contributed by atoms with Crippen LogP contribution in [0.3, 0.4) is 0 Å². The molecule has 0 atom stereocenters. The van der Waals surface area contributed by atoms with Crippen molar-refractivity contribution >= 4 is 32.4 Å². The number of hydrogen-bond donors (Lipinski definition) is 3. The Balaban J connectivity index is 1.90. The number of nitrogens with one attached hydrogen (secondary N) is 2. The van der Waals surface area contributed by atoms with Gasteiger partial charge in [0.05, 0.1) is 15.5 Å². The van der Waals surface area contributed by atoms with E-state index in [0.29, 0.717) is 11.1 Å². The number of aromatic nitrogens is 5. The number of benzene rings is 1. The van der Waals surface area contributed by atoms with Gasteiger partial charge >= 0.3 is 0 Å². The third kappa shape index (κ3) is 2.95. The number of thiazole rings is 1. The average molecular weight is 337 g/mol. The van der Waals surface area contributed by atoms with E-state index in [1.165, 1.54) is 23.5 Å². The maximum Gasteiger partial charge on any atom is 0.269 e. The fraction of sp³-hybridized carbons (Fsp3) is 0.0909. The van der Waals surface area contributed by atoms with Crippen LogP contribution in [0, 0.1) is 6.92 Å². The van der Waals surface area contributed by atoms with E-state index in [4.69, 9.17) is 5.14 Å². The Bertz CT molecular complexity index is 885.